The molecule has 0 bridgehead atoms. The maximum Gasteiger partial charge on any atom is 0.248 e. The summed E-state index contributed by atoms with van der Waals surface area (Å²) in [5.74, 6) is -0.171. The summed E-state index contributed by atoms with van der Waals surface area (Å²) in [6, 6.07) is 6.20. The summed E-state index contributed by atoms with van der Waals surface area (Å²) in [7, 11) is 0. The molecular weight excluding hydrogens is 341 g/mol. The Bertz CT molecular complexity index is 659. The minimum absolute atomic E-state index is 0.0274. The molecule has 1 unspecified atom stereocenters. The van der Waals surface area contributed by atoms with Crippen LogP contribution in [0, 0.1) is 3.57 Å². The van der Waals surface area contributed by atoms with E-state index in [-0.39, 0.29) is 11.8 Å². The maximum absolute atomic E-state index is 11.9. The van der Waals surface area contributed by atoms with Crippen LogP contribution < -0.4 is 5.43 Å². The number of aromatic amines is 1. The second-order valence-corrected chi connectivity index (χ2v) is 5.76. The van der Waals surface area contributed by atoms with Crippen LogP contribution in [0.3, 0.4) is 0 Å². The lowest BCUT2D eigenvalue weighted by Crippen LogP contribution is -2.32. The molecule has 0 saturated carbocycles. The van der Waals surface area contributed by atoms with E-state index in [1.807, 2.05) is 19.2 Å². The Morgan fingerprint density at radius 3 is 3.11 bits per heavy atom. The number of fused-ring (bicyclic) bond motifs is 1. The van der Waals surface area contributed by atoms with E-state index in [0.29, 0.717) is 6.42 Å². The smallest absolute Gasteiger partial charge is 0.248 e. The van der Waals surface area contributed by atoms with Crippen LogP contribution in [0.5, 0.6) is 0 Å². The highest BCUT2D eigenvalue weighted by Crippen LogP contribution is 2.30. The molecule has 1 atom stereocenters. The van der Waals surface area contributed by atoms with Crippen molar-refractivity contribution in [1.82, 2.24) is 10.4 Å². The van der Waals surface area contributed by atoms with Gasteiger partial charge in [0.2, 0.25) is 5.91 Å². The van der Waals surface area contributed by atoms with Crippen molar-refractivity contribution in [3.8, 4) is 0 Å². The van der Waals surface area contributed by atoms with Crippen LogP contribution in [-0.4, -0.2) is 16.6 Å². The number of aromatic nitrogens is 1. The number of carbonyl (C=O) groups excluding carboxylic acids is 1. The number of hydrogen-bond acceptors (Lipinski definition) is 2. The van der Waals surface area contributed by atoms with Crippen LogP contribution in [0.15, 0.2) is 29.5 Å². The van der Waals surface area contributed by atoms with Crippen molar-refractivity contribution in [3.63, 3.8) is 0 Å². The van der Waals surface area contributed by atoms with Crippen LogP contribution in [0.25, 0.3) is 10.9 Å². The van der Waals surface area contributed by atoms with Crippen LogP contribution in [0.1, 0.15) is 24.8 Å². The first kappa shape index (κ1) is 11.7. The van der Waals surface area contributed by atoms with E-state index in [9.17, 15) is 4.79 Å². The maximum atomic E-state index is 11.9. The average molecular weight is 353 g/mol. The predicted octanol–water partition coefficient (Wildman–Crippen LogP) is 2.75. The van der Waals surface area contributed by atoms with Gasteiger partial charge in [-0.1, -0.05) is 0 Å². The standard InChI is InChI=1S/C13H12IN3O/c1-7-4-10(13(18)17-16-7)11-6-15-12-3-2-8(14)5-9(11)12/h2-3,5-6,10,15H,4H2,1H3,(H,17,18). The fraction of sp³-hybridized carbons (Fsp3) is 0.231. The lowest BCUT2D eigenvalue weighted by Gasteiger charge is -2.19. The van der Waals surface area contributed by atoms with E-state index in [1.54, 1.807) is 0 Å². The van der Waals surface area contributed by atoms with E-state index in [4.69, 9.17) is 0 Å². The molecule has 1 aliphatic heterocycles. The van der Waals surface area contributed by atoms with Crippen LogP contribution in [0.2, 0.25) is 0 Å². The molecule has 0 spiro atoms. The zero-order chi connectivity index (χ0) is 12.7. The second-order valence-electron chi connectivity index (χ2n) is 4.51. The third-order valence-electron chi connectivity index (χ3n) is 3.22. The van der Waals surface area contributed by atoms with Gasteiger partial charge in [-0.05, 0) is 53.3 Å². The number of hydrazone groups is 1. The van der Waals surface area contributed by atoms with Crippen molar-refractivity contribution in [1.29, 1.82) is 0 Å². The molecule has 92 valence electrons. The Morgan fingerprint density at radius 2 is 2.28 bits per heavy atom. The Hall–Kier alpha value is -1.37. The van der Waals surface area contributed by atoms with Crippen molar-refractivity contribution < 1.29 is 4.79 Å². The first-order valence-electron chi connectivity index (χ1n) is 5.74. The number of nitrogens with one attached hydrogen (secondary N) is 2. The highest BCUT2D eigenvalue weighted by molar-refractivity contribution is 14.1. The number of H-pyrrole nitrogens is 1. The Kier molecular flexibility index (Phi) is 2.85. The number of benzene rings is 1. The normalized spacial score (nSPS) is 19.8. The van der Waals surface area contributed by atoms with E-state index < -0.39 is 0 Å². The largest absolute Gasteiger partial charge is 0.361 e. The predicted molar refractivity (Wildman–Crippen MR) is 79.6 cm³/mol. The van der Waals surface area contributed by atoms with Gasteiger partial charge in [-0.15, -0.1) is 0 Å². The van der Waals surface area contributed by atoms with Gasteiger partial charge in [-0.25, -0.2) is 5.43 Å². The molecule has 18 heavy (non-hydrogen) atoms. The second kappa shape index (κ2) is 4.38. The van der Waals surface area contributed by atoms with Gasteiger partial charge in [-0.3, -0.25) is 4.79 Å². The third-order valence-corrected chi connectivity index (χ3v) is 3.90. The topological polar surface area (TPSA) is 57.2 Å². The minimum Gasteiger partial charge on any atom is -0.361 e. The Morgan fingerprint density at radius 1 is 1.44 bits per heavy atom. The summed E-state index contributed by atoms with van der Waals surface area (Å²) in [5, 5.41) is 5.10. The summed E-state index contributed by atoms with van der Waals surface area (Å²) >= 11 is 2.28. The van der Waals surface area contributed by atoms with Crippen molar-refractivity contribution in [2.24, 2.45) is 5.10 Å². The summed E-state index contributed by atoms with van der Waals surface area (Å²) in [5.41, 5.74) is 5.66. The Labute approximate surface area is 118 Å². The third kappa shape index (κ3) is 1.92. The molecule has 1 aromatic carbocycles. The summed E-state index contributed by atoms with van der Waals surface area (Å²) in [4.78, 5) is 15.2. The molecular formula is C13H12IN3O. The van der Waals surface area contributed by atoms with Gasteiger partial charge < -0.3 is 4.98 Å². The minimum atomic E-state index is -0.144. The van der Waals surface area contributed by atoms with Crippen LogP contribution >= 0.6 is 22.6 Å². The summed E-state index contributed by atoms with van der Waals surface area (Å²) in [6.45, 7) is 1.94. The number of rotatable bonds is 1. The first-order valence-corrected chi connectivity index (χ1v) is 6.82. The van der Waals surface area contributed by atoms with Gasteiger partial charge in [-0.2, -0.15) is 5.10 Å². The van der Waals surface area contributed by atoms with Gasteiger partial charge in [0, 0.05) is 32.8 Å². The van der Waals surface area contributed by atoms with Gasteiger partial charge in [0.05, 0.1) is 5.92 Å². The number of nitrogens with zero attached hydrogens (tertiary/aromatic N) is 1. The highest BCUT2D eigenvalue weighted by Gasteiger charge is 2.27. The molecule has 0 saturated heterocycles. The molecule has 5 heteroatoms. The van der Waals surface area contributed by atoms with Crippen molar-refractivity contribution >= 4 is 45.1 Å². The SMILES string of the molecule is CC1=NNC(=O)C(c2c[nH]c3ccc(I)cc23)C1. The monoisotopic (exact) mass is 353 g/mol. The quantitative estimate of drug-likeness (QED) is 0.761. The first-order chi connectivity index (χ1) is 8.65. The van der Waals surface area contributed by atoms with E-state index in [1.165, 1.54) is 3.57 Å². The fourth-order valence-electron chi connectivity index (χ4n) is 2.32. The molecule has 1 aliphatic rings. The molecule has 1 aromatic heterocycles. The van der Waals surface area contributed by atoms with E-state index in [0.717, 1.165) is 22.2 Å². The molecule has 4 nitrogen and oxygen atoms in total. The van der Waals surface area contributed by atoms with Gasteiger partial charge in [0.15, 0.2) is 0 Å². The van der Waals surface area contributed by atoms with E-state index >= 15 is 0 Å². The van der Waals surface area contributed by atoms with Crippen LogP contribution in [-0.2, 0) is 4.79 Å². The fourth-order valence-corrected chi connectivity index (χ4v) is 2.81. The summed E-state index contributed by atoms with van der Waals surface area (Å²) < 4.78 is 1.17. The molecule has 1 amide bonds. The van der Waals surface area contributed by atoms with Crippen molar-refractivity contribution in [2.75, 3.05) is 0 Å². The van der Waals surface area contributed by atoms with Crippen molar-refractivity contribution in [2.45, 2.75) is 19.3 Å². The molecule has 0 fully saturated rings. The van der Waals surface area contributed by atoms with Crippen molar-refractivity contribution in [3.05, 3.63) is 33.5 Å². The van der Waals surface area contributed by atoms with Gasteiger partial charge in [0.25, 0.3) is 0 Å². The lowest BCUT2D eigenvalue weighted by atomic mass is 9.92. The number of halogens is 1. The number of hydrogen-bond donors (Lipinski definition) is 2. The summed E-state index contributed by atoms with van der Waals surface area (Å²) in [6.07, 6.45) is 2.62. The number of amides is 1. The Balaban J connectivity index is 2.11. The average Bonchev–Trinajstić information content (AvgIpc) is 2.75. The lowest BCUT2D eigenvalue weighted by molar-refractivity contribution is -0.122. The number of carbonyl (C=O) groups is 1. The molecule has 2 aromatic rings. The highest BCUT2D eigenvalue weighted by atomic mass is 127. The zero-order valence-corrected chi connectivity index (χ0v) is 12.0. The molecule has 2 N–H and O–H groups in total. The molecule has 3 rings (SSSR count). The van der Waals surface area contributed by atoms with Gasteiger partial charge >= 0.3 is 0 Å². The van der Waals surface area contributed by atoms with E-state index in [2.05, 4.69) is 50.2 Å². The zero-order valence-electron chi connectivity index (χ0n) is 9.83. The molecule has 0 radical (unpaired) electrons. The van der Waals surface area contributed by atoms with Gasteiger partial charge in [0.1, 0.15) is 0 Å². The molecule has 0 aliphatic carbocycles. The molecule has 2 heterocycles. The van der Waals surface area contributed by atoms with Crippen LogP contribution in [0.4, 0.5) is 0 Å².